The summed E-state index contributed by atoms with van der Waals surface area (Å²) in [5.41, 5.74) is 0.959. The fourth-order valence-corrected chi connectivity index (χ4v) is 2.20. The summed E-state index contributed by atoms with van der Waals surface area (Å²) >= 11 is 0. The van der Waals surface area contributed by atoms with Gasteiger partial charge in [0.15, 0.2) is 0 Å². The summed E-state index contributed by atoms with van der Waals surface area (Å²) in [5.74, 6) is 2.18. The normalized spacial score (nSPS) is 19.9. The van der Waals surface area contributed by atoms with Crippen molar-refractivity contribution in [1.29, 1.82) is 0 Å². The molecule has 2 heterocycles. The molecule has 0 bridgehead atoms. The van der Waals surface area contributed by atoms with Crippen LogP contribution in [0.5, 0.6) is 0 Å². The van der Waals surface area contributed by atoms with E-state index in [2.05, 4.69) is 29.1 Å². The molecule has 0 aliphatic carbocycles. The van der Waals surface area contributed by atoms with Gasteiger partial charge < -0.3 is 10.2 Å². The summed E-state index contributed by atoms with van der Waals surface area (Å²) in [7, 11) is 1.85. The zero-order chi connectivity index (χ0) is 14.0. The molecule has 5 heteroatoms. The van der Waals surface area contributed by atoms with Crippen molar-refractivity contribution in [2.75, 3.05) is 18.9 Å². The van der Waals surface area contributed by atoms with E-state index in [9.17, 15) is 4.79 Å². The summed E-state index contributed by atoms with van der Waals surface area (Å²) in [6.45, 7) is 6.94. The van der Waals surface area contributed by atoms with Crippen molar-refractivity contribution in [2.45, 2.75) is 45.6 Å². The predicted molar refractivity (Wildman–Crippen MR) is 75.1 cm³/mol. The summed E-state index contributed by atoms with van der Waals surface area (Å²) in [6.07, 6.45) is 1.50. The largest absolute Gasteiger partial charge is 0.367 e. The second-order valence-electron chi connectivity index (χ2n) is 5.56. The van der Waals surface area contributed by atoms with E-state index >= 15 is 0 Å². The molecule has 1 amide bonds. The highest BCUT2D eigenvalue weighted by Crippen LogP contribution is 2.18. The minimum atomic E-state index is 0.179. The van der Waals surface area contributed by atoms with Gasteiger partial charge in [-0.3, -0.25) is 4.79 Å². The van der Waals surface area contributed by atoms with Crippen LogP contribution in [0.3, 0.4) is 0 Å². The number of hydrogen-bond acceptors (Lipinski definition) is 4. The molecule has 1 atom stereocenters. The Morgan fingerprint density at radius 3 is 2.79 bits per heavy atom. The van der Waals surface area contributed by atoms with Crippen LogP contribution >= 0.6 is 0 Å². The van der Waals surface area contributed by atoms with Crippen molar-refractivity contribution < 1.29 is 4.79 Å². The Balaban J connectivity index is 2.09. The quantitative estimate of drug-likeness (QED) is 0.904. The number of hydrogen-bond donors (Lipinski definition) is 1. The number of carbonyl (C=O) groups is 1. The van der Waals surface area contributed by atoms with E-state index in [0.717, 1.165) is 30.3 Å². The van der Waals surface area contributed by atoms with Crippen LogP contribution < -0.4 is 5.32 Å². The van der Waals surface area contributed by atoms with E-state index in [-0.39, 0.29) is 11.9 Å². The van der Waals surface area contributed by atoms with Gasteiger partial charge in [-0.25, -0.2) is 9.97 Å². The highest BCUT2D eigenvalue weighted by molar-refractivity contribution is 5.77. The fourth-order valence-electron chi connectivity index (χ4n) is 2.20. The summed E-state index contributed by atoms with van der Waals surface area (Å²) in [5, 5.41) is 3.37. The maximum atomic E-state index is 11.7. The number of anilines is 1. The molecule has 19 heavy (non-hydrogen) atoms. The number of aromatic nitrogens is 2. The number of likely N-dealkylation sites (tertiary alicyclic amines) is 1. The molecule has 1 fully saturated rings. The first-order chi connectivity index (χ1) is 8.95. The average molecular weight is 262 g/mol. The van der Waals surface area contributed by atoms with Crippen LogP contribution in [0.25, 0.3) is 0 Å². The second-order valence-corrected chi connectivity index (χ2v) is 5.56. The molecular weight excluding hydrogens is 240 g/mol. The third-order valence-corrected chi connectivity index (χ3v) is 3.40. The lowest BCUT2D eigenvalue weighted by molar-refractivity contribution is -0.132. The van der Waals surface area contributed by atoms with Crippen molar-refractivity contribution in [3.8, 4) is 0 Å². The molecule has 1 aromatic heterocycles. The Morgan fingerprint density at radius 1 is 1.42 bits per heavy atom. The number of aryl methyl sites for hydroxylation is 1. The number of piperidine rings is 1. The average Bonchev–Trinajstić information content (AvgIpc) is 2.33. The summed E-state index contributed by atoms with van der Waals surface area (Å²) in [4.78, 5) is 22.4. The van der Waals surface area contributed by atoms with Crippen molar-refractivity contribution >= 4 is 11.7 Å². The van der Waals surface area contributed by atoms with Crippen LogP contribution in [0.15, 0.2) is 6.07 Å². The molecule has 5 nitrogen and oxygen atoms in total. The molecule has 0 aromatic carbocycles. The van der Waals surface area contributed by atoms with Gasteiger partial charge in [-0.15, -0.1) is 0 Å². The van der Waals surface area contributed by atoms with Crippen molar-refractivity contribution in [3.05, 3.63) is 17.6 Å². The van der Waals surface area contributed by atoms with E-state index in [0.29, 0.717) is 12.3 Å². The Kier molecular flexibility index (Phi) is 4.02. The Bertz CT molecular complexity index is 473. The fraction of sp³-hybridized carbons (Fsp3) is 0.643. The van der Waals surface area contributed by atoms with E-state index in [1.165, 1.54) is 0 Å². The molecule has 1 unspecified atom stereocenters. The highest BCUT2D eigenvalue weighted by atomic mass is 16.2. The van der Waals surface area contributed by atoms with Crippen LogP contribution in [0.4, 0.5) is 5.82 Å². The van der Waals surface area contributed by atoms with Crippen molar-refractivity contribution in [2.24, 2.45) is 0 Å². The first-order valence-electron chi connectivity index (χ1n) is 6.82. The first kappa shape index (κ1) is 13.8. The first-order valence-corrected chi connectivity index (χ1v) is 6.82. The van der Waals surface area contributed by atoms with E-state index in [1.807, 2.05) is 20.0 Å². The Hall–Kier alpha value is -1.65. The van der Waals surface area contributed by atoms with Crippen LogP contribution in [0.2, 0.25) is 0 Å². The molecule has 1 aliphatic heterocycles. The molecule has 0 saturated carbocycles. The molecule has 1 saturated heterocycles. The molecule has 1 aromatic rings. The van der Waals surface area contributed by atoms with Gasteiger partial charge in [-0.05, 0) is 13.3 Å². The van der Waals surface area contributed by atoms with Crippen LogP contribution in [0.1, 0.15) is 44.1 Å². The van der Waals surface area contributed by atoms with Gasteiger partial charge in [0.25, 0.3) is 0 Å². The Labute approximate surface area is 114 Å². The topological polar surface area (TPSA) is 58.1 Å². The van der Waals surface area contributed by atoms with Crippen LogP contribution in [-0.4, -0.2) is 40.4 Å². The van der Waals surface area contributed by atoms with E-state index in [4.69, 9.17) is 0 Å². The number of rotatable bonds is 3. The molecule has 0 spiro atoms. The minimum Gasteiger partial charge on any atom is -0.367 e. The number of nitrogens with zero attached hydrogens (tertiary/aromatic N) is 3. The standard InChI is InChI=1S/C14H22N4O/c1-9(2)14-15-10(3)7-12(17-14)16-11-5-6-18(4)13(19)8-11/h7,9,11H,5-6,8H2,1-4H3,(H,15,16,17). The number of nitrogens with one attached hydrogen (secondary N) is 1. The molecular formula is C14H22N4O. The highest BCUT2D eigenvalue weighted by Gasteiger charge is 2.23. The zero-order valence-corrected chi connectivity index (χ0v) is 12.1. The smallest absolute Gasteiger partial charge is 0.224 e. The van der Waals surface area contributed by atoms with E-state index < -0.39 is 0 Å². The third kappa shape index (κ3) is 3.43. The Morgan fingerprint density at radius 2 is 2.16 bits per heavy atom. The molecule has 2 rings (SSSR count). The SMILES string of the molecule is Cc1cc(NC2CCN(C)C(=O)C2)nc(C(C)C)n1. The van der Waals surface area contributed by atoms with Gasteiger partial charge in [0.1, 0.15) is 11.6 Å². The van der Waals surface area contributed by atoms with Crippen molar-refractivity contribution in [3.63, 3.8) is 0 Å². The van der Waals surface area contributed by atoms with E-state index in [1.54, 1.807) is 4.90 Å². The van der Waals surface area contributed by atoms with Gasteiger partial charge in [0.2, 0.25) is 5.91 Å². The summed E-state index contributed by atoms with van der Waals surface area (Å²) < 4.78 is 0. The van der Waals surface area contributed by atoms with Gasteiger partial charge in [-0.2, -0.15) is 0 Å². The van der Waals surface area contributed by atoms with Crippen LogP contribution in [-0.2, 0) is 4.79 Å². The number of carbonyl (C=O) groups excluding carboxylic acids is 1. The summed E-state index contributed by atoms with van der Waals surface area (Å²) in [6, 6.07) is 2.12. The molecule has 104 valence electrons. The molecule has 0 radical (unpaired) electrons. The monoisotopic (exact) mass is 262 g/mol. The molecule has 1 N–H and O–H groups in total. The maximum absolute atomic E-state index is 11.7. The van der Waals surface area contributed by atoms with Crippen LogP contribution in [0, 0.1) is 6.92 Å². The van der Waals surface area contributed by atoms with Crippen molar-refractivity contribution in [1.82, 2.24) is 14.9 Å². The van der Waals surface area contributed by atoms with Gasteiger partial charge >= 0.3 is 0 Å². The second kappa shape index (κ2) is 5.55. The lowest BCUT2D eigenvalue weighted by Gasteiger charge is -2.29. The van der Waals surface area contributed by atoms with Gasteiger partial charge in [0, 0.05) is 43.7 Å². The lowest BCUT2D eigenvalue weighted by atomic mass is 10.0. The molecule has 1 aliphatic rings. The lowest BCUT2D eigenvalue weighted by Crippen LogP contribution is -2.41. The van der Waals surface area contributed by atoms with Gasteiger partial charge in [-0.1, -0.05) is 13.8 Å². The third-order valence-electron chi connectivity index (χ3n) is 3.40. The maximum Gasteiger partial charge on any atom is 0.224 e. The minimum absolute atomic E-state index is 0.179. The van der Waals surface area contributed by atoms with Gasteiger partial charge in [0.05, 0.1) is 0 Å². The predicted octanol–water partition coefficient (Wildman–Crippen LogP) is 1.94. The number of amides is 1. The zero-order valence-electron chi connectivity index (χ0n) is 12.1.